The van der Waals surface area contributed by atoms with E-state index in [0.29, 0.717) is 12.5 Å². The number of carbonyl (C=O) groups excluding carboxylic acids is 1. The molecule has 1 N–H and O–H groups in total. The Kier molecular flexibility index (Phi) is 4.38. The zero-order valence-electron chi connectivity index (χ0n) is 12.1. The number of aliphatic imine (C=N–C) groups is 1. The van der Waals surface area contributed by atoms with E-state index in [4.69, 9.17) is 4.74 Å². The van der Waals surface area contributed by atoms with E-state index in [2.05, 4.69) is 10.3 Å². The van der Waals surface area contributed by atoms with Crippen LogP contribution in [-0.4, -0.2) is 43.0 Å². The van der Waals surface area contributed by atoms with Crippen LogP contribution in [0.5, 0.6) is 0 Å². The molecule has 1 aromatic rings. The normalized spacial score (nSPS) is 19.0. The quantitative estimate of drug-likeness (QED) is 0.925. The fraction of sp³-hybridized carbons (Fsp3) is 0.500. The maximum Gasteiger partial charge on any atom is 0.410 e. The van der Waals surface area contributed by atoms with Crippen molar-refractivity contribution in [2.24, 2.45) is 10.9 Å². The van der Waals surface area contributed by atoms with Crippen LogP contribution in [0.4, 0.5) is 4.79 Å². The Morgan fingerprint density at radius 2 is 2.05 bits per heavy atom. The van der Waals surface area contributed by atoms with Crippen LogP contribution in [0.3, 0.4) is 0 Å². The van der Waals surface area contributed by atoms with Crippen molar-refractivity contribution in [1.29, 1.82) is 0 Å². The van der Waals surface area contributed by atoms with Crippen LogP contribution in [0.2, 0.25) is 0 Å². The Balaban J connectivity index is 1.44. The first kappa shape index (κ1) is 13.9. The van der Waals surface area contributed by atoms with Crippen LogP contribution in [0, 0.1) is 5.92 Å². The van der Waals surface area contributed by atoms with E-state index in [1.807, 2.05) is 30.3 Å². The molecule has 0 saturated carbocycles. The van der Waals surface area contributed by atoms with Crippen molar-refractivity contribution < 1.29 is 9.53 Å². The number of piperidine rings is 1. The number of hydrogen-bond acceptors (Lipinski definition) is 4. The van der Waals surface area contributed by atoms with Gasteiger partial charge < -0.3 is 15.0 Å². The van der Waals surface area contributed by atoms with Crippen LogP contribution in [-0.2, 0) is 11.3 Å². The molecule has 2 heterocycles. The van der Waals surface area contributed by atoms with Gasteiger partial charge in [0.1, 0.15) is 6.61 Å². The summed E-state index contributed by atoms with van der Waals surface area (Å²) in [5.41, 5.74) is 1.02. The summed E-state index contributed by atoms with van der Waals surface area (Å²) in [6.07, 6.45) is 1.72. The van der Waals surface area contributed by atoms with Gasteiger partial charge in [-0.2, -0.15) is 0 Å². The summed E-state index contributed by atoms with van der Waals surface area (Å²) in [6.45, 7) is 3.68. The van der Waals surface area contributed by atoms with Crippen LogP contribution in [0.15, 0.2) is 35.3 Å². The van der Waals surface area contributed by atoms with Gasteiger partial charge in [-0.25, -0.2) is 4.79 Å². The Labute approximate surface area is 125 Å². The van der Waals surface area contributed by atoms with Crippen molar-refractivity contribution in [3.05, 3.63) is 35.9 Å². The largest absolute Gasteiger partial charge is 0.445 e. The molecule has 3 rings (SSSR count). The van der Waals surface area contributed by atoms with Gasteiger partial charge in [0.05, 0.1) is 12.4 Å². The van der Waals surface area contributed by atoms with E-state index in [0.717, 1.165) is 50.4 Å². The fourth-order valence-electron chi connectivity index (χ4n) is 2.84. The monoisotopic (exact) mass is 287 g/mol. The van der Waals surface area contributed by atoms with Gasteiger partial charge in [-0.15, -0.1) is 0 Å². The third-order valence-electron chi connectivity index (χ3n) is 4.05. The average molecular weight is 287 g/mol. The minimum absolute atomic E-state index is 0.210. The van der Waals surface area contributed by atoms with Crippen LogP contribution < -0.4 is 5.32 Å². The predicted octanol–water partition coefficient (Wildman–Crippen LogP) is 2.04. The Hall–Kier alpha value is -2.04. The summed E-state index contributed by atoms with van der Waals surface area (Å²) in [5.74, 6) is 1.61. The molecule has 0 atom stereocenters. The number of amides is 1. The van der Waals surface area contributed by atoms with E-state index < -0.39 is 0 Å². The van der Waals surface area contributed by atoms with Crippen molar-refractivity contribution >= 4 is 11.9 Å². The first-order chi connectivity index (χ1) is 10.3. The van der Waals surface area contributed by atoms with Crippen LogP contribution in [0.1, 0.15) is 18.4 Å². The number of hydrogen-bond donors (Lipinski definition) is 1. The average Bonchev–Trinajstić information content (AvgIpc) is 3.08. The third-order valence-corrected chi connectivity index (χ3v) is 4.05. The summed E-state index contributed by atoms with van der Waals surface area (Å²) in [7, 11) is 0. The van der Waals surface area contributed by atoms with E-state index in [-0.39, 0.29) is 6.09 Å². The van der Waals surface area contributed by atoms with Gasteiger partial charge in [0.15, 0.2) is 0 Å². The molecule has 1 fully saturated rings. The number of benzene rings is 1. The van der Waals surface area contributed by atoms with E-state index in [1.165, 1.54) is 0 Å². The lowest BCUT2D eigenvalue weighted by molar-refractivity contribution is 0.0863. The van der Waals surface area contributed by atoms with Gasteiger partial charge in [0.25, 0.3) is 0 Å². The zero-order chi connectivity index (χ0) is 14.5. The molecule has 21 heavy (non-hydrogen) atoms. The first-order valence-corrected chi connectivity index (χ1v) is 7.57. The molecule has 2 aliphatic rings. The van der Waals surface area contributed by atoms with Gasteiger partial charge in [-0.3, -0.25) is 4.99 Å². The van der Waals surface area contributed by atoms with Gasteiger partial charge in [0, 0.05) is 25.6 Å². The molecular weight excluding hydrogens is 266 g/mol. The molecule has 5 nitrogen and oxygen atoms in total. The Bertz CT molecular complexity index is 508. The highest BCUT2D eigenvalue weighted by molar-refractivity contribution is 5.86. The van der Waals surface area contributed by atoms with Crippen molar-refractivity contribution in [2.75, 3.05) is 26.2 Å². The maximum atomic E-state index is 12.1. The minimum atomic E-state index is -0.210. The SMILES string of the molecule is O=C(OCc1ccccc1)N1CCC(C2=NCCN2)CC1. The number of likely N-dealkylation sites (tertiary alicyclic amines) is 1. The number of amidine groups is 1. The summed E-state index contributed by atoms with van der Waals surface area (Å²) in [6, 6.07) is 9.77. The second kappa shape index (κ2) is 6.61. The highest BCUT2D eigenvalue weighted by Gasteiger charge is 2.27. The highest BCUT2D eigenvalue weighted by Crippen LogP contribution is 2.20. The Morgan fingerprint density at radius 3 is 2.71 bits per heavy atom. The molecule has 112 valence electrons. The van der Waals surface area contributed by atoms with E-state index in [1.54, 1.807) is 4.90 Å². The molecule has 1 amide bonds. The van der Waals surface area contributed by atoms with Crippen molar-refractivity contribution in [3.63, 3.8) is 0 Å². The standard InChI is InChI=1S/C16H21N3O2/c20-16(21-12-13-4-2-1-3-5-13)19-10-6-14(7-11-19)15-17-8-9-18-15/h1-5,14H,6-12H2,(H,17,18). The molecule has 2 aliphatic heterocycles. The van der Waals surface area contributed by atoms with Gasteiger partial charge >= 0.3 is 6.09 Å². The minimum Gasteiger partial charge on any atom is -0.445 e. The molecule has 5 heteroatoms. The molecule has 0 radical (unpaired) electrons. The summed E-state index contributed by atoms with van der Waals surface area (Å²) in [4.78, 5) is 18.3. The fourth-order valence-corrected chi connectivity index (χ4v) is 2.84. The number of ether oxygens (including phenoxy) is 1. The summed E-state index contributed by atoms with van der Waals surface area (Å²) < 4.78 is 5.37. The van der Waals surface area contributed by atoms with Crippen molar-refractivity contribution in [3.8, 4) is 0 Å². The molecule has 1 aromatic carbocycles. The lowest BCUT2D eigenvalue weighted by Gasteiger charge is -2.31. The zero-order valence-corrected chi connectivity index (χ0v) is 12.1. The lowest BCUT2D eigenvalue weighted by atomic mass is 9.96. The summed E-state index contributed by atoms with van der Waals surface area (Å²) >= 11 is 0. The number of carbonyl (C=O) groups is 1. The Morgan fingerprint density at radius 1 is 1.29 bits per heavy atom. The van der Waals surface area contributed by atoms with E-state index in [9.17, 15) is 4.79 Å². The third kappa shape index (κ3) is 3.54. The maximum absolute atomic E-state index is 12.1. The topological polar surface area (TPSA) is 53.9 Å². The lowest BCUT2D eigenvalue weighted by Crippen LogP contribution is -2.42. The predicted molar refractivity (Wildman–Crippen MR) is 81.2 cm³/mol. The van der Waals surface area contributed by atoms with Gasteiger partial charge in [-0.05, 0) is 18.4 Å². The van der Waals surface area contributed by atoms with Crippen molar-refractivity contribution in [1.82, 2.24) is 10.2 Å². The molecule has 0 aliphatic carbocycles. The molecule has 0 bridgehead atoms. The second-order valence-corrected chi connectivity index (χ2v) is 5.50. The number of rotatable bonds is 3. The molecule has 0 unspecified atom stereocenters. The summed E-state index contributed by atoms with van der Waals surface area (Å²) in [5, 5.41) is 3.33. The molecular formula is C16H21N3O2. The van der Waals surface area contributed by atoms with Crippen molar-refractivity contribution in [2.45, 2.75) is 19.4 Å². The number of nitrogens with zero attached hydrogens (tertiary/aromatic N) is 2. The van der Waals surface area contributed by atoms with E-state index >= 15 is 0 Å². The van der Waals surface area contributed by atoms with Gasteiger partial charge in [0.2, 0.25) is 0 Å². The van der Waals surface area contributed by atoms with Gasteiger partial charge in [-0.1, -0.05) is 30.3 Å². The highest BCUT2D eigenvalue weighted by atomic mass is 16.6. The molecule has 1 saturated heterocycles. The van der Waals surface area contributed by atoms with Crippen LogP contribution in [0.25, 0.3) is 0 Å². The first-order valence-electron chi connectivity index (χ1n) is 7.57. The smallest absolute Gasteiger partial charge is 0.410 e. The second-order valence-electron chi connectivity index (χ2n) is 5.50. The molecule has 0 aromatic heterocycles. The molecule has 0 spiro atoms. The van der Waals surface area contributed by atoms with Crippen LogP contribution >= 0.6 is 0 Å². The number of nitrogens with one attached hydrogen (secondary N) is 1.